The molecule has 2 aliphatic carbocycles. The zero-order valence-corrected chi connectivity index (χ0v) is 16.2. The van der Waals surface area contributed by atoms with Crippen molar-refractivity contribution in [1.29, 1.82) is 0 Å². The number of carbonyl (C=O) groups is 3. The predicted octanol–water partition coefficient (Wildman–Crippen LogP) is 2.11. The second-order valence-corrected chi connectivity index (χ2v) is 8.98. The van der Waals surface area contributed by atoms with E-state index in [4.69, 9.17) is 0 Å². The Hall–Kier alpha value is -1.41. The summed E-state index contributed by atoms with van der Waals surface area (Å²) in [6, 6.07) is 6.13. The number of rotatable bonds is 3. The highest BCUT2D eigenvalue weighted by Gasteiger charge is 2.66. The highest BCUT2D eigenvalue weighted by molar-refractivity contribution is 9.12. The summed E-state index contributed by atoms with van der Waals surface area (Å²) in [5, 5.41) is 12.0. The van der Waals surface area contributed by atoms with E-state index in [1.54, 1.807) is 12.1 Å². The maximum Gasteiger partial charge on any atom is 0.244 e. The molecule has 2 N–H and O–H groups in total. The number of amides is 3. The number of phenolic OH excluding ortho intramolecular Hbond substituents is 1. The van der Waals surface area contributed by atoms with Gasteiger partial charge in [-0.05, 0) is 30.4 Å². The van der Waals surface area contributed by atoms with Crippen LogP contribution >= 0.6 is 31.9 Å². The van der Waals surface area contributed by atoms with Gasteiger partial charge in [0.15, 0.2) is 0 Å². The highest BCUT2D eigenvalue weighted by Crippen LogP contribution is 2.60. The Morgan fingerprint density at radius 1 is 1.16 bits per heavy atom. The molecule has 3 aliphatic rings. The van der Waals surface area contributed by atoms with Crippen LogP contribution in [0.15, 0.2) is 24.3 Å². The molecule has 6 atom stereocenters. The van der Waals surface area contributed by atoms with Gasteiger partial charge in [0, 0.05) is 21.4 Å². The standard InChI is InChI=1S/C17H16Br2N2O4/c18-14-9-5-10(15(14)19)13-12(9)16(24)21(17(13)25)6-11(23)20-7-2-1-3-8(22)4-7/h1-4,9-10,12-15,22H,5-6H2,(H,20,23). The molecule has 25 heavy (non-hydrogen) atoms. The quantitative estimate of drug-likeness (QED) is 0.522. The van der Waals surface area contributed by atoms with Gasteiger partial charge in [-0.25, -0.2) is 0 Å². The molecule has 1 aliphatic heterocycles. The fraction of sp³-hybridized carbons (Fsp3) is 0.471. The molecule has 1 saturated heterocycles. The normalized spacial score (nSPS) is 36.0. The number of hydrogen-bond donors (Lipinski definition) is 2. The molecule has 1 heterocycles. The number of fused-ring (bicyclic) bond motifs is 5. The number of halogens is 2. The Morgan fingerprint density at radius 2 is 1.76 bits per heavy atom. The van der Waals surface area contributed by atoms with Gasteiger partial charge in [0.25, 0.3) is 0 Å². The molecule has 0 aromatic heterocycles. The van der Waals surface area contributed by atoms with Crippen molar-refractivity contribution in [2.75, 3.05) is 11.9 Å². The number of hydrogen-bond acceptors (Lipinski definition) is 4. The molecule has 6 unspecified atom stereocenters. The van der Waals surface area contributed by atoms with Crippen molar-refractivity contribution in [1.82, 2.24) is 4.90 Å². The molecule has 8 heteroatoms. The first-order chi connectivity index (χ1) is 11.9. The van der Waals surface area contributed by atoms with Crippen molar-refractivity contribution in [3.05, 3.63) is 24.3 Å². The average Bonchev–Trinajstić information content (AvgIpc) is 3.15. The predicted molar refractivity (Wildman–Crippen MR) is 97.5 cm³/mol. The Balaban J connectivity index is 1.48. The number of alkyl halides is 2. The molecular weight excluding hydrogens is 456 g/mol. The van der Waals surface area contributed by atoms with Crippen molar-refractivity contribution < 1.29 is 19.5 Å². The maximum atomic E-state index is 12.7. The van der Waals surface area contributed by atoms with Gasteiger partial charge in [-0.2, -0.15) is 0 Å². The summed E-state index contributed by atoms with van der Waals surface area (Å²) in [7, 11) is 0. The van der Waals surface area contributed by atoms with E-state index in [0.29, 0.717) is 5.69 Å². The third kappa shape index (κ3) is 2.61. The molecule has 4 rings (SSSR count). The number of aromatic hydroxyl groups is 1. The summed E-state index contributed by atoms with van der Waals surface area (Å²) >= 11 is 7.27. The largest absolute Gasteiger partial charge is 0.508 e. The summed E-state index contributed by atoms with van der Waals surface area (Å²) < 4.78 is 0. The van der Waals surface area contributed by atoms with Crippen LogP contribution < -0.4 is 5.32 Å². The smallest absolute Gasteiger partial charge is 0.244 e. The Kier molecular flexibility index (Phi) is 4.15. The molecule has 6 nitrogen and oxygen atoms in total. The molecule has 3 fully saturated rings. The fourth-order valence-corrected chi connectivity index (χ4v) is 6.37. The van der Waals surface area contributed by atoms with Gasteiger partial charge in [-0.3, -0.25) is 19.3 Å². The number of likely N-dealkylation sites (tertiary alicyclic amines) is 1. The third-order valence-electron chi connectivity index (χ3n) is 5.51. The van der Waals surface area contributed by atoms with Crippen LogP contribution in [-0.2, 0) is 14.4 Å². The first-order valence-corrected chi connectivity index (χ1v) is 9.94. The molecule has 0 radical (unpaired) electrons. The van der Waals surface area contributed by atoms with Crippen LogP contribution in [0.25, 0.3) is 0 Å². The second-order valence-electron chi connectivity index (χ2n) is 6.86. The number of phenols is 1. The molecule has 1 aromatic carbocycles. The molecule has 0 spiro atoms. The van der Waals surface area contributed by atoms with Gasteiger partial charge < -0.3 is 10.4 Å². The Labute approximate surface area is 161 Å². The van der Waals surface area contributed by atoms with E-state index in [9.17, 15) is 19.5 Å². The van der Waals surface area contributed by atoms with Gasteiger partial charge in [0.05, 0.1) is 11.8 Å². The first kappa shape index (κ1) is 17.0. The van der Waals surface area contributed by atoms with Gasteiger partial charge in [-0.15, -0.1) is 0 Å². The minimum Gasteiger partial charge on any atom is -0.508 e. The van der Waals surface area contributed by atoms with Crippen molar-refractivity contribution in [2.45, 2.75) is 16.1 Å². The van der Waals surface area contributed by atoms with E-state index in [-0.39, 0.29) is 57.4 Å². The summed E-state index contributed by atoms with van der Waals surface area (Å²) in [5.41, 5.74) is 0.422. The number of carbonyl (C=O) groups excluding carboxylic acids is 3. The van der Waals surface area contributed by atoms with Crippen LogP contribution in [0.2, 0.25) is 0 Å². The molecule has 2 saturated carbocycles. The molecular formula is C17H16Br2N2O4. The molecule has 132 valence electrons. The van der Waals surface area contributed by atoms with Crippen LogP contribution in [0.5, 0.6) is 5.75 Å². The van der Waals surface area contributed by atoms with Crippen molar-refractivity contribution in [2.24, 2.45) is 23.7 Å². The van der Waals surface area contributed by atoms with Gasteiger partial charge >= 0.3 is 0 Å². The summed E-state index contributed by atoms with van der Waals surface area (Å²) in [4.78, 5) is 39.2. The zero-order chi connectivity index (χ0) is 17.9. The lowest BCUT2D eigenvalue weighted by Gasteiger charge is -2.28. The molecule has 2 bridgehead atoms. The number of nitrogens with zero attached hydrogens (tertiary/aromatic N) is 1. The zero-order valence-electron chi connectivity index (χ0n) is 13.1. The molecule has 3 amide bonds. The van der Waals surface area contributed by atoms with E-state index < -0.39 is 5.91 Å². The monoisotopic (exact) mass is 470 g/mol. The van der Waals surface area contributed by atoms with Crippen LogP contribution in [0.1, 0.15) is 6.42 Å². The van der Waals surface area contributed by atoms with Gasteiger partial charge in [-0.1, -0.05) is 37.9 Å². The highest BCUT2D eigenvalue weighted by atomic mass is 79.9. The number of imide groups is 1. The molecule has 1 aromatic rings. The second kappa shape index (κ2) is 6.09. The Morgan fingerprint density at radius 3 is 2.32 bits per heavy atom. The first-order valence-electron chi connectivity index (χ1n) is 8.10. The van der Waals surface area contributed by atoms with Crippen LogP contribution in [0.4, 0.5) is 5.69 Å². The van der Waals surface area contributed by atoms with Crippen LogP contribution in [0.3, 0.4) is 0 Å². The SMILES string of the molecule is O=C(CN1C(=O)C2C3CC(C(Br)C3Br)C2C1=O)Nc1cccc(O)c1. The summed E-state index contributed by atoms with van der Waals surface area (Å²) in [6.45, 7) is -0.292. The average molecular weight is 472 g/mol. The summed E-state index contributed by atoms with van der Waals surface area (Å²) in [5.74, 6) is -1.26. The van der Waals surface area contributed by atoms with E-state index in [1.807, 2.05) is 0 Å². The minimum absolute atomic E-state index is 0.0314. The van der Waals surface area contributed by atoms with Crippen LogP contribution in [-0.4, -0.2) is 43.9 Å². The fourth-order valence-electron chi connectivity index (χ4n) is 4.49. The minimum atomic E-state index is -0.453. The lowest BCUT2D eigenvalue weighted by Crippen LogP contribution is -2.39. The van der Waals surface area contributed by atoms with Crippen molar-refractivity contribution in [3.8, 4) is 5.75 Å². The lowest BCUT2D eigenvalue weighted by atomic mass is 9.81. The third-order valence-corrected chi connectivity index (χ3v) is 8.72. The Bertz CT molecular complexity index is 739. The van der Waals surface area contributed by atoms with Gasteiger partial charge in [0.1, 0.15) is 12.3 Å². The van der Waals surface area contributed by atoms with E-state index >= 15 is 0 Å². The summed E-state index contributed by atoms with van der Waals surface area (Å²) in [6.07, 6.45) is 0.863. The number of nitrogens with one attached hydrogen (secondary N) is 1. The number of benzene rings is 1. The topological polar surface area (TPSA) is 86.7 Å². The lowest BCUT2D eigenvalue weighted by molar-refractivity contribution is -0.143. The van der Waals surface area contributed by atoms with E-state index in [1.165, 1.54) is 12.1 Å². The van der Waals surface area contributed by atoms with Crippen molar-refractivity contribution >= 4 is 55.3 Å². The maximum absolute atomic E-state index is 12.7. The van der Waals surface area contributed by atoms with Gasteiger partial charge in [0.2, 0.25) is 17.7 Å². The van der Waals surface area contributed by atoms with E-state index in [2.05, 4.69) is 37.2 Å². The number of anilines is 1. The van der Waals surface area contributed by atoms with E-state index in [0.717, 1.165) is 11.3 Å². The van der Waals surface area contributed by atoms with Crippen LogP contribution in [0, 0.1) is 23.7 Å². The van der Waals surface area contributed by atoms with Crippen molar-refractivity contribution in [3.63, 3.8) is 0 Å².